The second-order valence-electron chi connectivity index (χ2n) is 6.75. The number of nitrogens with one attached hydrogen (secondary N) is 1. The first-order chi connectivity index (χ1) is 9.98. The van der Waals surface area contributed by atoms with Gasteiger partial charge in [0.25, 0.3) is 0 Å². The van der Waals surface area contributed by atoms with Gasteiger partial charge in [0.1, 0.15) is 0 Å². The maximum absolute atomic E-state index is 4.35. The van der Waals surface area contributed by atoms with E-state index in [1.54, 1.807) is 4.80 Å². The quantitative estimate of drug-likeness (QED) is 0.863. The molecular formula is C15H30N6. The largest absolute Gasteiger partial charge is 0.308 e. The van der Waals surface area contributed by atoms with Crippen molar-refractivity contribution in [2.24, 2.45) is 13.0 Å². The second-order valence-corrected chi connectivity index (χ2v) is 6.75. The molecule has 0 radical (unpaired) electrons. The zero-order chi connectivity index (χ0) is 15.5. The van der Waals surface area contributed by atoms with Gasteiger partial charge in [-0.2, -0.15) is 4.80 Å². The predicted molar refractivity (Wildman–Crippen MR) is 83.8 cm³/mol. The summed E-state index contributed by atoms with van der Waals surface area (Å²) in [7, 11) is 1.82. The molecule has 6 nitrogen and oxygen atoms in total. The van der Waals surface area contributed by atoms with Crippen LogP contribution in [-0.2, 0) is 13.6 Å². The Kier molecular flexibility index (Phi) is 5.32. The zero-order valence-electron chi connectivity index (χ0n) is 14.1. The lowest BCUT2D eigenvalue weighted by Crippen LogP contribution is -2.63. The van der Waals surface area contributed by atoms with Gasteiger partial charge < -0.3 is 5.32 Å². The molecule has 1 aromatic heterocycles. The van der Waals surface area contributed by atoms with E-state index < -0.39 is 0 Å². The number of piperazine rings is 1. The van der Waals surface area contributed by atoms with Crippen LogP contribution in [0, 0.1) is 5.92 Å². The fourth-order valence-electron chi connectivity index (χ4n) is 3.29. The van der Waals surface area contributed by atoms with Crippen molar-refractivity contribution in [3.8, 4) is 0 Å². The monoisotopic (exact) mass is 294 g/mol. The fraction of sp³-hybridized carbons (Fsp3) is 0.933. The summed E-state index contributed by atoms with van der Waals surface area (Å²) in [6, 6.07) is 0.556. The van der Waals surface area contributed by atoms with Crippen molar-refractivity contribution in [2.75, 3.05) is 13.1 Å². The van der Waals surface area contributed by atoms with Crippen molar-refractivity contribution >= 4 is 0 Å². The number of hydrogen-bond acceptors (Lipinski definition) is 5. The Morgan fingerprint density at radius 2 is 2.05 bits per heavy atom. The molecule has 1 saturated heterocycles. The molecule has 21 heavy (non-hydrogen) atoms. The topological polar surface area (TPSA) is 58.9 Å². The highest BCUT2D eigenvalue weighted by molar-refractivity contribution is 4.98. The minimum atomic E-state index is 0.232. The molecule has 6 heteroatoms. The second kappa shape index (κ2) is 6.83. The molecule has 2 heterocycles. The van der Waals surface area contributed by atoms with Gasteiger partial charge in [-0.3, -0.25) is 4.90 Å². The van der Waals surface area contributed by atoms with E-state index in [0.717, 1.165) is 38.3 Å². The third-order valence-electron chi connectivity index (χ3n) is 4.73. The molecule has 0 saturated carbocycles. The highest BCUT2D eigenvalue weighted by Crippen LogP contribution is 2.26. The van der Waals surface area contributed by atoms with E-state index >= 15 is 0 Å². The molecule has 1 unspecified atom stereocenters. The Labute approximate surface area is 128 Å². The van der Waals surface area contributed by atoms with Gasteiger partial charge in [0.2, 0.25) is 0 Å². The van der Waals surface area contributed by atoms with Crippen LogP contribution >= 0.6 is 0 Å². The van der Waals surface area contributed by atoms with E-state index in [2.05, 4.69) is 53.3 Å². The van der Waals surface area contributed by atoms with E-state index in [0.29, 0.717) is 12.0 Å². The van der Waals surface area contributed by atoms with Crippen molar-refractivity contribution < 1.29 is 0 Å². The molecule has 1 N–H and O–H groups in total. The summed E-state index contributed by atoms with van der Waals surface area (Å²) in [5.74, 6) is 1.53. The molecule has 1 fully saturated rings. The van der Waals surface area contributed by atoms with Gasteiger partial charge in [0, 0.05) is 24.7 Å². The van der Waals surface area contributed by atoms with Crippen LogP contribution in [-0.4, -0.2) is 49.8 Å². The van der Waals surface area contributed by atoms with Crippen LogP contribution in [0.25, 0.3) is 0 Å². The highest BCUT2D eigenvalue weighted by Gasteiger charge is 2.37. The van der Waals surface area contributed by atoms with Crippen LogP contribution in [0.15, 0.2) is 0 Å². The molecule has 1 aliphatic heterocycles. The number of nitrogens with zero attached hydrogens (tertiary/aromatic N) is 5. The summed E-state index contributed by atoms with van der Waals surface area (Å²) in [4.78, 5) is 4.10. The Morgan fingerprint density at radius 3 is 2.57 bits per heavy atom. The third-order valence-corrected chi connectivity index (χ3v) is 4.73. The SMILES string of the molecule is CCC1(CC)CN(Cc2nnn(C)n2)C(CC(C)C)CN1. The number of tetrazole rings is 1. The van der Waals surface area contributed by atoms with Crippen molar-refractivity contribution in [3.63, 3.8) is 0 Å². The average molecular weight is 294 g/mol. The van der Waals surface area contributed by atoms with Crippen molar-refractivity contribution in [3.05, 3.63) is 5.82 Å². The molecule has 1 aliphatic rings. The standard InChI is InChI=1S/C15H30N6/c1-6-15(7-2)11-21(10-14-17-19-20(5)18-14)13(9-16-15)8-12(3)4/h12-13,16H,6-11H2,1-5H3. The van der Waals surface area contributed by atoms with E-state index in [1.165, 1.54) is 6.42 Å². The fourth-order valence-corrected chi connectivity index (χ4v) is 3.29. The predicted octanol–water partition coefficient (Wildman–Crippen LogP) is 1.59. The molecule has 0 bridgehead atoms. The first-order valence-electron chi connectivity index (χ1n) is 8.20. The van der Waals surface area contributed by atoms with E-state index in [9.17, 15) is 0 Å². The first-order valence-corrected chi connectivity index (χ1v) is 8.20. The maximum Gasteiger partial charge on any atom is 0.188 e. The van der Waals surface area contributed by atoms with E-state index in [1.807, 2.05) is 7.05 Å². The molecule has 0 aromatic carbocycles. The van der Waals surface area contributed by atoms with Gasteiger partial charge in [-0.25, -0.2) is 0 Å². The summed E-state index contributed by atoms with van der Waals surface area (Å²) in [6.45, 7) is 12.1. The van der Waals surface area contributed by atoms with Crippen molar-refractivity contribution in [2.45, 2.75) is 65.1 Å². The summed E-state index contributed by atoms with van der Waals surface area (Å²) in [5.41, 5.74) is 0.232. The van der Waals surface area contributed by atoms with Crippen LogP contribution < -0.4 is 5.32 Å². The molecule has 0 aliphatic carbocycles. The normalized spacial score (nSPS) is 22.9. The van der Waals surface area contributed by atoms with Crippen molar-refractivity contribution in [1.82, 2.24) is 30.4 Å². The highest BCUT2D eigenvalue weighted by atomic mass is 15.6. The zero-order valence-corrected chi connectivity index (χ0v) is 14.1. The minimum absolute atomic E-state index is 0.232. The number of rotatable bonds is 6. The summed E-state index contributed by atoms with van der Waals surface area (Å²) in [6.07, 6.45) is 3.52. The Morgan fingerprint density at radius 1 is 1.33 bits per heavy atom. The van der Waals surface area contributed by atoms with Gasteiger partial charge in [0.05, 0.1) is 13.6 Å². The lowest BCUT2D eigenvalue weighted by atomic mass is 9.87. The molecule has 1 atom stereocenters. The van der Waals surface area contributed by atoms with Crippen LogP contribution in [0.4, 0.5) is 0 Å². The third kappa shape index (κ3) is 4.01. The molecule has 120 valence electrons. The lowest BCUT2D eigenvalue weighted by Gasteiger charge is -2.47. The van der Waals surface area contributed by atoms with E-state index in [4.69, 9.17) is 0 Å². The molecule has 2 rings (SSSR count). The maximum atomic E-state index is 4.35. The number of aromatic nitrogens is 4. The molecule has 0 spiro atoms. The molecule has 0 amide bonds. The lowest BCUT2D eigenvalue weighted by molar-refractivity contribution is 0.0540. The molecular weight excluding hydrogens is 264 g/mol. The van der Waals surface area contributed by atoms with Crippen LogP contribution in [0.1, 0.15) is 52.8 Å². The number of hydrogen-bond donors (Lipinski definition) is 1. The van der Waals surface area contributed by atoms with Crippen LogP contribution in [0.3, 0.4) is 0 Å². The van der Waals surface area contributed by atoms with Crippen LogP contribution in [0.5, 0.6) is 0 Å². The van der Waals surface area contributed by atoms with Gasteiger partial charge in [0.15, 0.2) is 5.82 Å². The first kappa shape index (κ1) is 16.4. The summed E-state index contributed by atoms with van der Waals surface area (Å²) in [5, 5.41) is 16.3. The van der Waals surface area contributed by atoms with Crippen LogP contribution in [0.2, 0.25) is 0 Å². The molecule has 1 aromatic rings. The van der Waals surface area contributed by atoms with Gasteiger partial charge in [-0.05, 0) is 30.4 Å². The van der Waals surface area contributed by atoms with Gasteiger partial charge in [-0.1, -0.05) is 27.7 Å². The van der Waals surface area contributed by atoms with Gasteiger partial charge >= 0.3 is 0 Å². The van der Waals surface area contributed by atoms with Gasteiger partial charge in [-0.15, -0.1) is 10.2 Å². The Balaban J connectivity index is 2.12. The minimum Gasteiger partial charge on any atom is -0.308 e. The summed E-state index contributed by atoms with van der Waals surface area (Å²) < 4.78 is 0. The Bertz CT molecular complexity index is 437. The average Bonchev–Trinajstić information content (AvgIpc) is 2.86. The summed E-state index contributed by atoms with van der Waals surface area (Å²) >= 11 is 0. The Hall–Kier alpha value is -1.01. The van der Waals surface area contributed by atoms with E-state index in [-0.39, 0.29) is 5.54 Å². The smallest absolute Gasteiger partial charge is 0.188 e. The van der Waals surface area contributed by atoms with Crippen molar-refractivity contribution in [1.29, 1.82) is 0 Å². The number of aryl methyl sites for hydroxylation is 1.